The number of nitrogens with zero attached hydrogens (tertiary/aromatic N) is 1. The van der Waals surface area contributed by atoms with Gasteiger partial charge in [-0.15, -0.1) is 0 Å². The third-order valence-electron chi connectivity index (χ3n) is 1.97. The molecule has 0 radical (unpaired) electrons. The van der Waals surface area contributed by atoms with Crippen molar-refractivity contribution in [2.45, 2.75) is 0 Å². The minimum Gasteiger partial charge on any atom is -0.482 e. The van der Waals surface area contributed by atoms with Crippen LogP contribution >= 0.6 is 0 Å². The topological polar surface area (TPSA) is 132 Å². The van der Waals surface area contributed by atoms with E-state index in [2.05, 4.69) is 4.74 Å². The summed E-state index contributed by atoms with van der Waals surface area (Å²) in [6, 6.07) is 7.01. The predicted octanol–water partition coefficient (Wildman–Crippen LogP) is -0.325. The molecule has 1 aromatic carbocycles. The van der Waals surface area contributed by atoms with Crippen LogP contribution in [0.3, 0.4) is 0 Å². The second-order valence-electron chi connectivity index (χ2n) is 3.50. The summed E-state index contributed by atoms with van der Waals surface area (Å²) in [6.07, 6.45) is 0. The van der Waals surface area contributed by atoms with Crippen molar-refractivity contribution in [3.05, 3.63) is 29.8 Å². The van der Waals surface area contributed by atoms with Gasteiger partial charge in [-0.25, -0.2) is 9.59 Å². The van der Waals surface area contributed by atoms with Crippen molar-refractivity contribution >= 4 is 17.9 Å². The lowest BCUT2D eigenvalue weighted by Gasteiger charge is -2.06. The van der Waals surface area contributed by atoms with Gasteiger partial charge in [0, 0.05) is 0 Å². The van der Waals surface area contributed by atoms with Crippen LogP contribution in [0.1, 0.15) is 5.56 Å². The molecule has 0 heterocycles. The maximum absolute atomic E-state index is 11.2. The first kappa shape index (κ1) is 15.0. The summed E-state index contributed by atoms with van der Waals surface area (Å²) in [6.45, 7) is -1.03. The van der Waals surface area contributed by atoms with Gasteiger partial charge >= 0.3 is 12.0 Å². The van der Waals surface area contributed by atoms with E-state index < -0.39 is 31.1 Å². The molecule has 0 bridgehead atoms. The standard InChI is InChI=1S/C12H11N3O5/c13-5-8-1-3-9(4-2-8)19-7-11(17)20-6-10(16)15-12(14)18/h1-4H,6-7H2,(H3,14,15,16,18). The van der Waals surface area contributed by atoms with Crippen LogP contribution in [0, 0.1) is 11.3 Å². The number of primary amides is 1. The molecule has 0 atom stereocenters. The smallest absolute Gasteiger partial charge is 0.344 e. The molecule has 0 spiro atoms. The summed E-state index contributed by atoms with van der Waals surface area (Å²) < 4.78 is 9.61. The number of carbonyl (C=O) groups excluding carboxylic acids is 3. The van der Waals surface area contributed by atoms with Gasteiger partial charge in [0.2, 0.25) is 0 Å². The van der Waals surface area contributed by atoms with Crippen molar-refractivity contribution in [2.75, 3.05) is 13.2 Å². The molecule has 8 heteroatoms. The number of esters is 1. The van der Waals surface area contributed by atoms with E-state index in [9.17, 15) is 14.4 Å². The predicted molar refractivity (Wildman–Crippen MR) is 65.3 cm³/mol. The van der Waals surface area contributed by atoms with Gasteiger partial charge in [-0.2, -0.15) is 5.26 Å². The molecule has 0 fully saturated rings. The van der Waals surface area contributed by atoms with Gasteiger partial charge in [0.15, 0.2) is 13.2 Å². The van der Waals surface area contributed by atoms with E-state index in [-0.39, 0.29) is 0 Å². The van der Waals surface area contributed by atoms with Crippen molar-refractivity contribution < 1.29 is 23.9 Å². The third-order valence-corrected chi connectivity index (χ3v) is 1.97. The molecule has 1 aromatic rings. The maximum atomic E-state index is 11.2. The first-order valence-electron chi connectivity index (χ1n) is 5.39. The van der Waals surface area contributed by atoms with Gasteiger partial charge in [0.05, 0.1) is 11.6 Å². The molecule has 0 saturated heterocycles. The number of hydrogen-bond acceptors (Lipinski definition) is 6. The summed E-state index contributed by atoms with van der Waals surface area (Å²) >= 11 is 0. The lowest BCUT2D eigenvalue weighted by molar-refractivity contribution is -0.150. The summed E-state index contributed by atoms with van der Waals surface area (Å²) in [5.74, 6) is -1.24. The fourth-order valence-electron chi connectivity index (χ4n) is 1.13. The zero-order valence-corrected chi connectivity index (χ0v) is 10.3. The van der Waals surface area contributed by atoms with Gasteiger partial charge in [0.1, 0.15) is 5.75 Å². The van der Waals surface area contributed by atoms with Gasteiger partial charge in [-0.1, -0.05) is 0 Å². The molecule has 3 N–H and O–H groups in total. The average Bonchev–Trinajstić information content (AvgIpc) is 2.42. The average molecular weight is 277 g/mol. The zero-order valence-electron chi connectivity index (χ0n) is 10.3. The van der Waals surface area contributed by atoms with E-state index >= 15 is 0 Å². The Bertz CT molecular complexity index is 547. The summed E-state index contributed by atoms with van der Waals surface area (Å²) in [5.41, 5.74) is 5.16. The zero-order chi connectivity index (χ0) is 15.0. The highest BCUT2D eigenvalue weighted by molar-refractivity contribution is 5.94. The van der Waals surface area contributed by atoms with Crippen LogP contribution in [0.15, 0.2) is 24.3 Å². The van der Waals surface area contributed by atoms with Crippen molar-refractivity contribution in [1.82, 2.24) is 5.32 Å². The van der Waals surface area contributed by atoms with Crippen LogP contribution < -0.4 is 15.8 Å². The minimum absolute atomic E-state index is 0.377. The molecule has 0 aromatic heterocycles. The quantitative estimate of drug-likeness (QED) is 0.708. The second kappa shape index (κ2) is 7.38. The summed E-state index contributed by atoms with van der Waals surface area (Å²) in [7, 11) is 0. The fourth-order valence-corrected chi connectivity index (χ4v) is 1.13. The number of imide groups is 1. The van der Waals surface area contributed by atoms with Gasteiger partial charge < -0.3 is 15.2 Å². The molecular weight excluding hydrogens is 266 g/mol. The van der Waals surface area contributed by atoms with E-state index in [1.807, 2.05) is 6.07 Å². The molecule has 1 rings (SSSR count). The maximum Gasteiger partial charge on any atom is 0.344 e. The number of ether oxygens (including phenoxy) is 2. The first-order valence-corrected chi connectivity index (χ1v) is 5.39. The van der Waals surface area contributed by atoms with Crippen LogP contribution in [-0.4, -0.2) is 31.1 Å². The van der Waals surface area contributed by atoms with Crippen molar-refractivity contribution in [3.8, 4) is 11.8 Å². The largest absolute Gasteiger partial charge is 0.482 e. The Balaban J connectivity index is 2.30. The molecule has 0 aliphatic heterocycles. The van der Waals surface area contributed by atoms with Crippen molar-refractivity contribution in [3.63, 3.8) is 0 Å². The number of benzene rings is 1. The highest BCUT2D eigenvalue weighted by Gasteiger charge is 2.09. The number of urea groups is 1. The fraction of sp³-hybridized carbons (Fsp3) is 0.167. The van der Waals surface area contributed by atoms with Gasteiger partial charge in [-0.3, -0.25) is 10.1 Å². The Hall–Kier alpha value is -3.08. The van der Waals surface area contributed by atoms with Gasteiger partial charge in [0.25, 0.3) is 5.91 Å². The molecule has 0 saturated carbocycles. The Labute approximate surface area is 114 Å². The van der Waals surface area contributed by atoms with E-state index in [1.54, 1.807) is 5.32 Å². The molecule has 0 unspecified atom stereocenters. The van der Waals surface area contributed by atoms with Crippen LogP contribution in [0.2, 0.25) is 0 Å². The first-order chi connectivity index (χ1) is 9.51. The molecule has 8 nitrogen and oxygen atoms in total. The molecule has 104 valence electrons. The van der Waals surface area contributed by atoms with Crippen LogP contribution in [0.5, 0.6) is 5.75 Å². The lowest BCUT2D eigenvalue weighted by Crippen LogP contribution is -2.38. The van der Waals surface area contributed by atoms with E-state index in [1.165, 1.54) is 24.3 Å². The Morgan fingerprint density at radius 2 is 1.85 bits per heavy atom. The Kier molecular flexibility index (Phi) is 5.52. The molecule has 0 aliphatic carbocycles. The Morgan fingerprint density at radius 3 is 2.40 bits per heavy atom. The second-order valence-corrected chi connectivity index (χ2v) is 3.50. The van der Waals surface area contributed by atoms with E-state index in [0.717, 1.165) is 0 Å². The van der Waals surface area contributed by atoms with E-state index in [0.29, 0.717) is 11.3 Å². The van der Waals surface area contributed by atoms with Crippen LogP contribution in [-0.2, 0) is 14.3 Å². The molecule has 0 aliphatic rings. The minimum atomic E-state index is -1.03. The summed E-state index contributed by atoms with van der Waals surface area (Å²) in [4.78, 5) is 32.5. The van der Waals surface area contributed by atoms with E-state index in [4.69, 9.17) is 15.7 Å². The number of nitrogens with one attached hydrogen (secondary N) is 1. The monoisotopic (exact) mass is 277 g/mol. The lowest BCUT2D eigenvalue weighted by atomic mass is 10.2. The highest BCUT2D eigenvalue weighted by atomic mass is 16.6. The molecule has 3 amide bonds. The number of nitrogens with two attached hydrogens (primary N) is 1. The van der Waals surface area contributed by atoms with Crippen molar-refractivity contribution in [2.24, 2.45) is 5.73 Å². The number of carbonyl (C=O) groups is 3. The number of hydrogen-bond donors (Lipinski definition) is 2. The highest BCUT2D eigenvalue weighted by Crippen LogP contribution is 2.11. The number of rotatable bonds is 5. The SMILES string of the molecule is N#Cc1ccc(OCC(=O)OCC(=O)NC(N)=O)cc1. The van der Waals surface area contributed by atoms with Crippen molar-refractivity contribution in [1.29, 1.82) is 5.26 Å². The number of nitriles is 1. The third kappa shape index (κ3) is 5.50. The van der Waals surface area contributed by atoms with Gasteiger partial charge in [-0.05, 0) is 24.3 Å². The normalized spacial score (nSPS) is 9.15. The van der Waals surface area contributed by atoms with Crippen LogP contribution in [0.4, 0.5) is 4.79 Å². The number of amides is 3. The van der Waals surface area contributed by atoms with Crippen LogP contribution in [0.25, 0.3) is 0 Å². The molecular formula is C12H11N3O5. The summed E-state index contributed by atoms with van der Waals surface area (Å²) in [5, 5.41) is 10.3. The Morgan fingerprint density at radius 1 is 1.20 bits per heavy atom. The molecule has 20 heavy (non-hydrogen) atoms.